The van der Waals surface area contributed by atoms with Crippen LogP contribution in [0.5, 0.6) is 0 Å². The van der Waals surface area contributed by atoms with Gasteiger partial charge in [0.15, 0.2) is 0 Å². The third-order valence-electron chi connectivity index (χ3n) is 12.4. The predicted molar refractivity (Wildman–Crippen MR) is 263 cm³/mol. The van der Waals surface area contributed by atoms with Crippen molar-refractivity contribution >= 4 is 35.2 Å². The van der Waals surface area contributed by atoms with Crippen molar-refractivity contribution in [2.75, 3.05) is 106 Å². The summed E-state index contributed by atoms with van der Waals surface area (Å²) >= 11 is 0. The van der Waals surface area contributed by atoms with Gasteiger partial charge in [0.05, 0.1) is 22.4 Å². The van der Waals surface area contributed by atoms with E-state index in [0.29, 0.717) is 130 Å². The molecule has 20 heteroatoms. The molecule has 16 nitrogen and oxygen atoms in total. The minimum absolute atomic E-state index is 0.520. The molecule has 4 rings (SSSR count). The van der Waals surface area contributed by atoms with E-state index in [1.807, 2.05) is 83.1 Å². The summed E-state index contributed by atoms with van der Waals surface area (Å²) in [5.41, 5.74) is -2.21. The number of ether oxygens (including phenoxy) is 4. The van der Waals surface area contributed by atoms with Crippen molar-refractivity contribution in [1.82, 2.24) is 0 Å². The monoisotopic (exact) mass is 1020 g/mol. The van der Waals surface area contributed by atoms with Gasteiger partial charge in [-0.1, -0.05) is 0 Å². The fourth-order valence-electron chi connectivity index (χ4n) is 11.2. The summed E-state index contributed by atoms with van der Waals surface area (Å²) in [6, 6.07) is 2.69. The molecule has 4 aliphatic carbocycles. The Kier molecular flexibility index (Phi) is 27.8. The van der Waals surface area contributed by atoms with E-state index < -0.39 is 57.6 Å². The third kappa shape index (κ3) is 17.8. The minimum atomic E-state index is -2.87. The highest BCUT2D eigenvalue weighted by molar-refractivity contribution is 6.61. The lowest BCUT2D eigenvalue weighted by Crippen LogP contribution is -2.74. The van der Waals surface area contributed by atoms with Crippen LogP contribution in [0.15, 0.2) is 0 Å². The molecule has 0 radical (unpaired) electrons. The maximum absolute atomic E-state index is 7.27. The smallest absolute Gasteiger partial charge is 0.375 e. The Morgan fingerprint density at radius 3 is 0.500 bits per heavy atom. The molecule has 4 saturated carbocycles. The minimum Gasteiger partial charge on any atom is -0.375 e. The van der Waals surface area contributed by atoms with E-state index in [4.69, 9.17) is 72.1 Å². The van der Waals surface area contributed by atoms with Crippen molar-refractivity contribution < 1.29 is 72.1 Å². The Morgan fingerprint density at radius 1 is 0.242 bits per heavy atom. The molecule has 0 unspecified atom stereocenters. The average molecular weight is 1020 g/mol. The zero-order chi connectivity index (χ0) is 48.5. The summed E-state index contributed by atoms with van der Waals surface area (Å²) in [5, 5.41) is 0. The predicted octanol–water partition coefficient (Wildman–Crippen LogP) is 9.14. The first-order valence-electron chi connectivity index (χ1n) is 26.0. The second kappa shape index (κ2) is 30.3. The zero-order valence-electron chi connectivity index (χ0n) is 43.7. The van der Waals surface area contributed by atoms with Crippen molar-refractivity contribution in [1.29, 1.82) is 0 Å². The summed E-state index contributed by atoms with van der Waals surface area (Å²) in [6.07, 6.45) is 7.42. The van der Waals surface area contributed by atoms with E-state index in [1.54, 1.807) is 0 Å². The van der Waals surface area contributed by atoms with Crippen LogP contribution in [-0.2, 0) is 72.1 Å². The molecule has 66 heavy (non-hydrogen) atoms. The van der Waals surface area contributed by atoms with Gasteiger partial charge in [0.1, 0.15) is 0 Å². The topological polar surface area (TPSA) is 148 Å². The molecular formula is C46H96O16Si4. The fourth-order valence-corrected chi connectivity index (χ4v) is 21.5. The molecule has 4 aliphatic rings. The van der Waals surface area contributed by atoms with Gasteiger partial charge in [0.2, 0.25) is 0 Å². The molecule has 392 valence electrons. The van der Waals surface area contributed by atoms with Crippen LogP contribution < -0.4 is 0 Å². The van der Waals surface area contributed by atoms with Crippen LogP contribution >= 0.6 is 0 Å². The van der Waals surface area contributed by atoms with E-state index >= 15 is 0 Å². The summed E-state index contributed by atoms with van der Waals surface area (Å²) in [7, 11) is -11.5. The second-order valence-electron chi connectivity index (χ2n) is 17.5. The normalized spacial score (nSPS) is 24.5. The summed E-state index contributed by atoms with van der Waals surface area (Å²) in [5.74, 6) is 0. The zero-order valence-corrected chi connectivity index (χ0v) is 47.7. The van der Waals surface area contributed by atoms with Gasteiger partial charge in [0.25, 0.3) is 0 Å². The van der Waals surface area contributed by atoms with Gasteiger partial charge in [-0.05, 0) is 109 Å². The molecule has 4 bridgehead atoms. The van der Waals surface area contributed by atoms with E-state index in [0.717, 1.165) is 64.2 Å². The Labute approximate surface area is 405 Å². The van der Waals surface area contributed by atoms with Crippen molar-refractivity contribution in [2.24, 2.45) is 0 Å². The highest BCUT2D eigenvalue weighted by atomic mass is 28.4. The summed E-state index contributed by atoms with van der Waals surface area (Å²) in [4.78, 5) is 0. The van der Waals surface area contributed by atoms with Crippen LogP contribution in [0.4, 0.5) is 0 Å². The molecule has 0 aliphatic heterocycles. The SMILES string of the molecule is CCO[Si](CCCOC12CC3(OCCC[Si](OCC)(OCC)OCC)CC(OCCC[Si](OCC)(OCC)OCC)(C1)CC(OCCC[Si](OCC)(OCC)OCC)(C2)C3)(OCC)OCC. The van der Waals surface area contributed by atoms with Crippen molar-refractivity contribution in [3.63, 3.8) is 0 Å². The van der Waals surface area contributed by atoms with Crippen molar-refractivity contribution in [2.45, 2.75) is 194 Å². The van der Waals surface area contributed by atoms with Gasteiger partial charge in [-0.2, -0.15) is 0 Å². The van der Waals surface area contributed by atoms with Gasteiger partial charge in [0, 0.05) is 168 Å². The Bertz CT molecular complexity index is 999. The Hall–Kier alpha value is 0.228. The number of hydrogen-bond acceptors (Lipinski definition) is 16. The van der Waals surface area contributed by atoms with Gasteiger partial charge in [-0.3, -0.25) is 0 Å². The van der Waals surface area contributed by atoms with Crippen LogP contribution in [0, 0.1) is 0 Å². The molecule has 0 aromatic rings. The first kappa shape index (κ1) is 60.5. The summed E-state index contributed by atoms with van der Waals surface area (Å²) < 4.78 is 104. The third-order valence-corrected chi connectivity index (χ3v) is 25.0. The lowest BCUT2D eigenvalue weighted by molar-refractivity contribution is -0.334. The molecule has 0 atom stereocenters. The number of rotatable bonds is 44. The molecule has 0 aromatic heterocycles. The van der Waals surface area contributed by atoms with Crippen molar-refractivity contribution in [3.05, 3.63) is 0 Å². The maximum atomic E-state index is 7.27. The van der Waals surface area contributed by atoms with Crippen LogP contribution in [0.25, 0.3) is 0 Å². The van der Waals surface area contributed by atoms with Gasteiger partial charge >= 0.3 is 35.2 Å². The highest BCUT2D eigenvalue weighted by Gasteiger charge is 2.71. The van der Waals surface area contributed by atoms with Crippen LogP contribution in [0.1, 0.15) is 147 Å². The lowest BCUT2D eigenvalue weighted by atomic mass is 9.48. The molecule has 0 aromatic carbocycles. The van der Waals surface area contributed by atoms with Crippen molar-refractivity contribution in [3.8, 4) is 0 Å². The first-order chi connectivity index (χ1) is 31.8. The average Bonchev–Trinajstić information content (AvgIpc) is 3.25. The van der Waals surface area contributed by atoms with Crippen LogP contribution in [0.3, 0.4) is 0 Å². The Balaban J connectivity index is 2.01. The van der Waals surface area contributed by atoms with Crippen LogP contribution in [-0.4, -0.2) is 163 Å². The maximum Gasteiger partial charge on any atom is 0.501 e. The molecule has 4 fully saturated rings. The molecule has 0 heterocycles. The number of hydrogen-bond donors (Lipinski definition) is 0. The summed E-state index contributed by atoms with van der Waals surface area (Å²) in [6.45, 7) is 32.4. The second-order valence-corrected chi connectivity index (χ2v) is 28.5. The van der Waals surface area contributed by atoms with Crippen LogP contribution in [0.2, 0.25) is 24.2 Å². The Morgan fingerprint density at radius 2 is 0.379 bits per heavy atom. The van der Waals surface area contributed by atoms with E-state index in [9.17, 15) is 0 Å². The van der Waals surface area contributed by atoms with E-state index in [2.05, 4.69) is 0 Å². The molecular weight excluding hydrogens is 921 g/mol. The molecule has 0 spiro atoms. The first-order valence-corrected chi connectivity index (χ1v) is 33.8. The quantitative estimate of drug-likeness (QED) is 0.0422. The highest BCUT2D eigenvalue weighted by Crippen LogP contribution is 2.65. The molecule has 0 amide bonds. The fraction of sp³-hybridized carbons (Fsp3) is 1.00. The molecule has 0 N–H and O–H groups in total. The van der Waals surface area contributed by atoms with Gasteiger partial charge in [-0.25, -0.2) is 0 Å². The standard InChI is InChI=1S/C46H96O16Si4/c1-13-51-63(52-14-2,53-15-3)33-25-29-47-43-37-44(48-30-26-34-64(54-16-4,55-17-5)56-18-6)40-45(38-43,49-31-27-35-65(57-19-7,58-20-8)59-21-9)42-46(39-43,41-44)50-32-28-36-66(60-22-10,61-23-11)62-24-12/h13-42H2,1-12H3. The molecule has 0 saturated heterocycles. The van der Waals surface area contributed by atoms with E-state index in [-0.39, 0.29) is 0 Å². The van der Waals surface area contributed by atoms with Gasteiger partial charge in [-0.15, -0.1) is 0 Å². The largest absolute Gasteiger partial charge is 0.501 e. The van der Waals surface area contributed by atoms with Gasteiger partial charge < -0.3 is 72.1 Å². The lowest BCUT2D eigenvalue weighted by Gasteiger charge is -2.68. The van der Waals surface area contributed by atoms with E-state index in [1.165, 1.54) is 0 Å².